The molecule has 0 spiro atoms. The van der Waals surface area contributed by atoms with Crippen LogP contribution in [0, 0.1) is 3.57 Å². The predicted molar refractivity (Wildman–Crippen MR) is 95.7 cm³/mol. The van der Waals surface area contributed by atoms with Crippen molar-refractivity contribution in [3.63, 3.8) is 0 Å². The summed E-state index contributed by atoms with van der Waals surface area (Å²) in [5, 5.41) is 0. The Balaban J connectivity index is 3.79. The minimum absolute atomic E-state index is 0.0437. The second-order valence-corrected chi connectivity index (χ2v) is 12.7. The molecule has 0 unspecified atom stereocenters. The molecule has 0 saturated carbocycles. The Morgan fingerprint density at radius 2 is 0.641 bits per heavy atom. The normalized spacial score (nSPS) is 16.4. The van der Waals surface area contributed by atoms with Gasteiger partial charge in [0.25, 0.3) is 0 Å². The molecule has 0 bridgehead atoms. The second-order valence-electron chi connectivity index (χ2n) is 7.36. The maximum absolute atomic E-state index is 14.3. The van der Waals surface area contributed by atoms with Gasteiger partial charge in [0.1, 0.15) is 0 Å². The Morgan fingerprint density at radius 3 is 0.923 bits per heavy atom. The molecule has 0 heterocycles. The van der Waals surface area contributed by atoms with E-state index in [4.69, 9.17) is 0 Å². The Morgan fingerprint density at radius 1 is 0.385 bits per heavy atom. The van der Waals surface area contributed by atoms with Crippen molar-refractivity contribution in [1.29, 1.82) is 0 Å². The molecule has 0 N–H and O–H groups in total. The van der Waals surface area contributed by atoms with Crippen LogP contribution in [0.15, 0.2) is 30.3 Å². The molecule has 0 amide bonds. The summed E-state index contributed by atoms with van der Waals surface area (Å²) in [6.07, 6.45) is -7.99. The van der Waals surface area contributed by atoms with E-state index in [1.165, 1.54) is 0 Å². The van der Waals surface area contributed by atoms with Gasteiger partial charge >= 0.3 is 208 Å². The molecule has 0 radical (unpaired) electrons. The number of alkyl halides is 23. The summed E-state index contributed by atoms with van der Waals surface area (Å²) in [5.41, 5.74) is 0. The zero-order valence-electron chi connectivity index (χ0n) is 17.7. The van der Waals surface area contributed by atoms with E-state index >= 15 is 0 Å². The molecule has 0 atom stereocenters. The minimum atomic E-state index is -9.15. The van der Waals surface area contributed by atoms with Crippen LogP contribution in [0.1, 0.15) is 0 Å². The molecule has 1 aromatic rings. The van der Waals surface area contributed by atoms with Crippen molar-refractivity contribution in [3.05, 3.63) is 33.9 Å². The fourth-order valence-corrected chi connectivity index (χ4v) is 6.09. The first-order chi connectivity index (χ1) is 16.8. The maximum atomic E-state index is 14.3. The standard InChI is InChI=1S/C17H8F21I/c1-39(7-5-3-2-4-6-7)17(37,38)15(32,33)13(28,29)11(24,25)9(20,21)8(18,19)10(22,23)12(26,27)14(30,31)16(34,35)36/h2-6H,1H3. The van der Waals surface area contributed by atoms with Crippen molar-refractivity contribution < 1.29 is 92.2 Å². The van der Waals surface area contributed by atoms with E-state index in [1.807, 2.05) is 0 Å². The number of hydrogen-bond acceptors (Lipinski definition) is 0. The van der Waals surface area contributed by atoms with Gasteiger partial charge in [-0.25, -0.2) is 0 Å². The predicted octanol–water partition coefficient (Wildman–Crippen LogP) is 9.23. The zero-order chi connectivity index (χ0) is 31.7. The number of benzene rings is 1. The average Bonchev–Trinajstić information content (AvgIpc) is 2.77. The summed E-state index contributed by atoms with van der Waals surface area (Å²) < 4.78 is 274. The molecule has 0 fully saturated rings. The monoisotopic (exact) mass is 738 g/mol. The third kappa shape index (κ3) is 4.56. The Kier molecular flexibility index (Phi) is 8.66. The van der Waals surface area contributed by atoms with E-state index < -0.39 is 80.9 Å². The van der Waals surface area contributed by atoms with Crippen molar-refractivity contribution >= 4 is 19.8 Å². The summed E-state index contributed by atoms with van der Waals surface area (Å²) in [4.78, 5) is 0.0437. The van der Waals surface area contributed by atoms with Gasteiger partial charge in [0, 0.05) is 0 Å². The van der Waals surface area contributed by atoms with E-state index in [-0.39, 0.29) is 4.93 Å². The van der Waals surface area contributed by atoms with Crippen molar-refractivity contribution in [2.24, 2.45) is 0 Å². The molecule has 1 aromatic carbocycles. The summed E-state index contributed by atoms with van der Waals surface area (Å²) in [7, 11) is 0. The van der Waals surface area contributed by atoms with E-state index in [0.717, 1.165) is 18.2 Å². The number of halogens is 22. The van der Waals surface area contributed by atoms with Crippen LogP contribution in [0.25, 0.3) is 0 Å². The molecular weight excluding hydrogens is 730 g/mol. The molecule has 22 heteroatoms. The third-order valence-corrected chi connectivity index (χ3v) is 10.2. The van der Waals surface area contributed by atoms with Gasteiger partial charge in [0.15, 0.2) is 0 Å². The molecule has 0 aliphatic heterocycles. The first-order valence-electron chi connectivity index (χ1n) is 8.89. The van der Waals surface area contributed by atoms with Crippen LogP contribution in [0.3, 0.4) is 0 Å². The average molecular weight is 738 g/mol. The van der Waals surface area contributed by atoms with E-state index in [0.29, 0.717) is 12.1 Å². The van der Waals surface area contributed by atoms with Gasteiger partial charge < -0.3 is 0 Å². The molecule has 230 valence electrons. The molecule has 0 saturated heterocycles. The first kappa shape index (κ1) is 35.5. The summed E-state index contributed by atoms with van der Waals surface area (Å²) in [6.45, 7) is 0. The quantitative estimate of drug-likeness (QED) is 0.128. The van der Waals surface area contributed by atoms with Crippen LogP contribution in [0.5, 0.6) is 0 Å². The molecular formula is C17H8F21I. The van der Waals surface area contributed by atoms with Crippen LogP contribution in [0.2, 0.25) is 0 Å². The van der Waals surface area contributed by atoms with Gasteiger partial charge in [-0.3, -0.25) is 0 Å². The molecule has 39 heavy (non-hydrogen) atoms. The van der Waals surface area contributed by atoms with Gasteiger partial charge in [-0.15, -0.1) is 0 Å². The topological polar surface area (TPSA) is 0 Å². The van der Waals surface area contributed by atoms with Gasteiger partial charge in [-0.05, 0) is 0 Å². The Labute approximate surface area is 208 Å². The molecule has 0 aliphatic carbocycles. The van der Waals surface area contributed by atoms with Gasteiger partial charge in [-0.1, -0.05) is 0 Å². The van der Waals surface area contributed by atoms with Crippen molar-refractivity contribution in [1.82, 2.24) is 0 Å². The zero-order valence-corrected chi connectivity index (χ0v) is 19.9. The second kappa shape index (κ2) is 9.51. The van der Waals surface area contributed by atoms with Crippen LogP contribution in [-0.4, -0.2) is 62.4 Å². The van der Waals surface area contributed by atoms with Gasteiger partial charge in [0.2, 0.25) is 0 Å². The fourth-order valence-electron chi connectivity index (χ4n) is 2.46. The van der Waals surface area contributed by atoms with Crippen molar-refractivity contribution in [2.45, 2.75) is 57.5 Å². The van der Waals surface area contributed by atoms with E-state index in [1.54, 1.807) is 0 Å². The Hall–Kier alpha value is -1.52. The molecule has 1 rings (SSSR count). The summed E-state index contributed by atoms with van der Waals surface area (Å²) >= 11 is -5.31. The number of rotatable bonds is 10. The third-order valence-electron chi connectivity index (χ3n) is 4.89. The Bertz CT molecular complexity index is 1010. The van der Waals surface area contributed by atoms with Crippen LogP contribution in [-0.2, 0) is 0 Å². The van der Waals surface area contributed by atoms with Gasteiger partial charge in [0.05, 0.1) is 0 Å². The van der Waals surface area contributed by atoms with Crippen LogP contribution >= 0.6 is 19.8 Å². The molecule has 0 aliphatic rings. The van der Waals surface area contributed by atoms with Crippen molar-refractivity contribution in [3.8, 4) is 0 Å². The summed E-state index contributed by atoms with van der Waals surface area (Å²) in [6, 6.07) is 3.68. The first-order valence-corrected chi connectivity index (χ1v) is 13.2. The SMILES string of the molecule is CI(c1ccccc1)C(F)(F)C(F)(F)C(F)(F)C(F)(F)C(F)(F)C(F)(F)C(F)(F)C(F)(F)C(F)(F)C(F)(F)F. The van der Waals surface area contributed by atoms with Crippen LogP contribution < -0.4 is 0 Å². The van der Waals surface area contributed by atoms with Crippen molar-refractivity contribution in [2.75, 3.05) is 4.93 Å². The van der Waals surface area contributed by atoms with E-state index in [2.05, 4.69) is 0 Å². The van der Waals surface area contributed by atoms with Crippen LogP contribution in [0.4, 0.5) is 92.2 Å². The molecule has 0 aromatic heterocycles. The fraction of sp³-hybridized carbons (Fsp3) is 0.647. The molecule has 0 nitrogen and oxygen atoms in total. The summed E-state index contributed by atoms with van der Waals surface area (Å²) in [5.74, 6) is -70.0. The van der Waals surface area contributed by atoms with E-state index in [9.17, 15) is 92.2 Å². The van der Waals surface area contributed by atoms with Gasteiger partial charge in [-0.2, -0.15) is 0 Å². The number of hydrogen-bond donors (Lipinski definition) is 0.